The molecule has 3 heterocycles. The van der Waals surface area contributed by atoms with Crippen LogP contribution in [0.4, 0.5) is 0 Å². The molecule has 0 spiro atoms. The third kappa shape index (κ3) is 3.86. The van der Waals surface area contributed by atoms with Crippen molar-refractivity contribution in [3.8, 4) is 33.4 Å². The molecule has 0 bridgehead atoms. The highest BCUT2D eigenvalue weighted by Crippen LogP contribution is 2.63. The van der Waals surface area contributed by atoms with Gasteiger partial charge in [-0.3, -0.25) is 0 Å². The van der Waals surface area contributed by atoms with Gasteiger partial charge in [-0.15, -0.1) is 0 Å². The molecule has 0 radical (unpaired) electrons. The lowest BCUT2D eigenvalue weighted by atomic mass is 9.84. The number of rotatable bonds is 0. The fraction of sp³-hybridized carbons (Fsp3) is 0.333. The smallest absolute Gasteiger partial charge is 0.208 e. The molecule has 45 heavy (non-hydrogen) atoms. The lowest BCUT2D eigenvalue weighted by Gasteiger charge is -2.20. The molecular formula is C36H36O6S3. The van der Waals surface area contributed by atoms with Crippen LogP contribution < -0.4 is 0 Å². The van der Waals surface area contributed by atoms with Crippen molar-refractivity contribution >= 4 is 29.5 Å². The third-order valence-corrected chi connectivity index (χ3v) is 15.0. The molecule has 9 heteroatoms. The maximum absolute atomic E-state index is 14.6. The number of sulfone groups is 3. The minimum atomic E-state index is -4.32. The molecular weight excluding hydrogens is 625 g/mol. The first-order chi connectivity index (χ1) is 20.5. The highest BCUT2D eigenvalue weighted by atomic mass is 32.2. The largest absolute Gasteiger partial charge is 0.218 e. The van der Waals surface area contributed by atoms with Crippen molar-refractivity contribution in [3.63, 3.8) is 0 Å². The van der Waals surface area contributed by atoms with Crippen molar-refractivity contribution in [2.75, 3.05) is 0 Å². The highest BCUT2D eigenvalue weighted by molar-refractivity contribution is 7.94. The molecule has 0 aromatic heterocycles. The Kier molecular flexibility index (Phi) is 5.77. The van der Waals surface area contributed by atoms with Crippen LogP contribution in [0.15, 0.2) is 84.0 Å². The lowest BCUT2D eigenvalue weighted by molar-refractivity contribution is 0.584. The summed E-state index contributed by atoms with van der Waals surface area (Å²) in [6.07, 6.45) is 0. The van der Waals surface area contributed by atoms with Crippen LogP contribution in [0.1, 0.15) is 79.0 Å². The van der Waals surface area contributed by atoms with Crippen LogP contribution in [0, 0.1) is 0 Å². The van der Waals surface area contributed by atoms with Gasteiger partial charge >= 0.3 is 0 Å². The van der Waals surface area contributed by atoms with E-state index >= 15 is 0 Å². The van der Waals surface area contributed by atoms with Crippen molar-refractivity contribution in [2.24, 2.45) is 0 Å². The summed E-state index contributed by atoms with van der Waals surface area (Å²) in [6, 6.07) is 15.4. The Morgan fingerprint density at radius 3 is 0.800 bits per heavy atom. The molecule has 6 nitrogen and oxygen atoms in total. The first-order valence-corrected chi connectivity index (χ1v) is 19.4. The topological polar surface area (TPSA) is 102 Å². The van der Waals surface area contributed by atoms with Gasteiger partial charge in [0.15, 0.2) is 0 Å². The summed E-state index contributed by atoms with van der Waals surface area (Å²) in [5.74, 6) is 0. The van der Waals surface area contributed by atoms with Gasteiger partial charge < -0.3 is 0 Å². The van der Waals surface area contributed by atoms with Gasteiger partial charge in [-0.05, 0) is 51.1 Å². The molecule has 234 valence electrons. The van der Waals surface area contributed by atoms with Crippen LogP contribution in [-0.2, 0) is 45.8 Å². The average Bonchev–Trinajstić information content (AvgIpc) is 3.40. The minimum absolute atomic E-state index is 0.000721. The second-order valence-electron chi connectivity index (χ2n) is 15.5. The Morgan fingerprint density at radius 2 is 0.600 bits per heavy atom. The van der Waals surface area contributed by atoms with Crippen molar-refractivity contribution in [3.05, 3.63) is 71.3 Å². The van der Waals surface area contributed by atoms with E-state index in [0.29, 0.717) is 0 Å². The molecule has 0 fully saturated rings. The Hall–Kier alpha value is -3.27. The number of fused-ring (bicyclic) bond motifs is 12. The van der Waals surface area contributed by atoms with E-state index < -0.39 is 29.5 Å². The van der Waals surface area contributed by atoms with Gasteiger partial charge in [-0.2, -0.15) is 0 Å². The summed E-state index contributed by atoms with van der Waals surface area (Å²) in [7, 11) is -13.0. The Balaban J connectivity index is 1.71. The molecule has 0 unspecified atom stereocenters. The standard InChI is InChI=1S/C36H36O6S3/c1-34(2,3)19-10-13-22-25(16-19)43(37,38)31-28(22)32-30(24-15-12-21(36(7,8)9)18-27(24)44(32,39)40)33-29(31)23-14-11-20(35(4,5)6)17-26(23)45(33,41)42/h10-18H,1-9H3. The van der Waals surface area contributed by atoms with Crippen LogP contribution >= 0.6 is 0 Å². The van der Waals surface area contributed by atoms with E-state index in [0.717, 1.165) is 16.7 Å². The van der Waals surface area contributed by atoms with Crippen molar-refractivity contribution in [1.82, 2.24) is 0 Å². The van der Waals surface area contributed by atoms with E-state index in [4.69, 9.17) is 0 Å². The quantitative estimate of drug-likeness (QED) is 0.163. The Labute approximate surface area is 266 Å². The molecule has 4 aromatic rings. The van der Waals surface area contributed by atoms with Crippen molar-refractivity contribution < 1.29 is 25.3 Å². The van der Waals surface area contributed by atoms with Crippen LogP contribution in [0.25, 0.3) is 33.4 Å². The van der Waals surface area contributed by atoms with Crippen molar-refractivity contribution in [1.29, 1.82) is 0 Å². The fourth-order valence-electron chi connectivity index (χ4n) is 6.81. The van der Waals surface area contributed by atoms with Gasteiger partial charge in [0.2, 0.25) is 29.5 Å². The minimum Gasteiger partial charge on any atom is -0.218 e. The highest BCUT2D eigenvalue weighted by Gasteiger charge is 2.52. The van der Waals surface area contributed by atoms with Crippen LogP contribution in [0.5, 0.6) is 0 Å². The molecule has 4 aromatic carbocycles. The van der Waals surface area contributed by atoms with E-state index in [9.17, 15) is 25.3 Å². The molecule has 3 aliphatic rings. The Bertz CT molecular complexity index is 2100. The number of hydrogen-bond acceptors (Lipinski definition) is 6. The predicted octanol–water partition coefficient (Wildman–Crippen LogP) is 8.02. The zero-order valence-corrected chi connectivity index (χ0v) is 29.3. The first kappa shape index (κ1) is 30.4. The first-order valence-electron chi connectivity index (χ1n) is 14.9. The fourth-order valence-corrected chi connectivity index (χ4v) is 12.8. The predicted molar refractivity (Wildman–Crippen MR) is 175 cm³/mol. The number of hydrogen-bond donors (Lipinski definition) is 0. The van der Waals surface area contributed by atoms with E-state index in [2.05, 4.69) is 0 Å². The van der Waals surface area contributed by atoms with Gasteiger partial charge in [0.1, 0.15) is 0 Å². The summed E-state index contributed by atoms with van der Waals surface area (Å²) >= 11 is 0. The second-order valence-corrected chi connectivity index (χ2v) is 21.1. The molecule has 3 aliphatic heterocycles. The third-order valence-electron chi connectivity index (χ3n) is 9.39. The number of benzene rings is 4. The maximum atomic E-state index is 14.6. The Morgan fingerprint density at radius 1 is 0.378 bits per heavy atom. The van der Waals surface area contributed by atoms with Crippen LogP contribution in [0.3, 0.4) is 0 Å². The van der Waals surface area contributed by atoms with Gasteiger partial charge in [-0.1, -0.05) is 98.7 Å². The molecule has 0 saturated heterocycles. The summed E-state index contributed by atoms with van der Waals surface area (Å²) in [5, 5.41) is 0. The van der Waals surface area contributed by atoms with Crippen LogP contribution in [0.2, 0.25) is 0 Å². The zero-order valence-electron chi connectivity index (χ0n) is 26.9. The van der Waals surface area contributed by atoms with Gasteiger partial charge in [0.25, 0.3) is 0 Å². The van der Waals surface area contributed by atoms with Crippen molar-refractivity contribution in [2.45, 2.75) is 108 Å². The van der Waals surface area contributed by atoms with Gasteiger partial charge in [0, 0.05) is 33.4 Å². The van der Waals surface area contributed by atoms with Crippen LogP contribution in [-0.4, -0.2) is 25.3 Å². The summed E-state index contributed by atoms with van der Waals surface area (Å²) in [6.45, 7) is 17.8. The zero-order chi connectivity index (χ0) is 33.0. The normalized spacial score (nSPS) is 18.1. The SMILES string of the molecule is CC(C)(C)c1ccc2c(c1)S(=O)(=O)c1c-2c2c(c3c1-c1ccc(C(C)(C)C)cc1S3(=O)=O)-c1ccc(C(C)(C)C)cc1S2(=O)=O. The van der Waals surface area contributed by atoms with Gasteiger partial charge in [0.05, 0.1) is 29.4 Å². The second kappa shape index (κ2) is 8.55. The summed E-state index contributed by atoms with van der Waals surface area (Å²) in [5.41, 5.74) is 2.21. The maximum Gasteiger partial charge on any atom is 0.208 e. The van der Waals surface area contributed by atoms with E-state index in [1.807, 2.05) is 80.5 Å². The molecule has 7 rings (SSSR count). The van der Waals surface area contributed by atoms with E-state index in [1.54, 1.807) is 36.4 Å². The molecule has 0 N–H and O–H groups in total. The molecule has 0 amide bonds. The molecule has 0 atom stereocenters. The van der Waals surface area contributed by atoms with E-state index in [1.165, 1.54) is 0 Å². The molecule has 0 saturated carbocycles. The molecule has 0 aliphatic carbocycles. The van der Waals surface area contributed by atoms with E-state index in [-0.39, 0.29) is 79.0 Å². The monoisotopic (exact) mass is 660 g/mol. The lowest BCUT2D eigenvalue weighted by Crippen LogP contribution is -2.12. The average molecular weight is 661 g/mol. The summed E-state index contributed by atoms with van der Waals surface area (Å²) in [4.78, 5) is -0.723. The summed E-state index contributed by atoms with van der Waals surface area (Å²) < 4.78 is 87.8. The van der Waals surface area contributed by atoms with Gasteiger partial charge in [-0.25, -0.2) is 25.3 Å².